The molecule has 21 heavy (non-hydrogen) atoms. The van der Waals surface area contributed by atoms with E-state index in [9.17, 15) is 0 Å². The average molecular weight is 317 g/mol. The summed E-state index contributed by atoms with van der Waals surface area (Å²) >= 11 is 6.15. The first-order chi connectivity index (χ1) is 10.1. The second-order valence-corrected chi connectivity index (χ2v) is 5.25. The topological polar surface area (TPSA) is 46.2 Å². The molecule has 1 fully saturated rings. The summed E-state index contributed by atoms with van der Waals surface area (Å²) in [6.07, 6.45) is 0.606. The monoisotopic (exact) mass is 316 g/mol. The maximum Gasteiger partial charge on any atom is 0.203 e. The number of benzene rings is 1. The van der Waals surface area contributed by atoms with E-state index in [2.05, 4.69) is 0 Å². The Hall–Kier alpha value is -1.33. The van der Waals surface area contributed by atoms with E-state index in [0.29, 0.717) is 29.6 Å². The lowest BCUT2D eigenvalue weighted by molar-refractivity contribution is -0.0760. The Morgan fingerprint density at radius 1 is 1.10 bits per heavy atom. The zero-order chi connectivity index (χ0) is 15.4. The van der Waals surface area contributed by atoms with Crippen molar-refractivity contribution in [2.75, 3.05) is 27.9 Å². The van der Waals surface area contributed by atoms with Crippen molar-refractivity contribution in [2.24, 2.45) is 0 Å². The van der Waals surface area contributed by atoms with Gasteiger partial charge < -0.3 is 23.7 Å². The summed E-state index contributed by atoms with van der Waals surface area (Å²) in [5.41, 5.74) is 0. The molecule has 118 valence electrons. The molecule has 1 aromatic carbocycles. The summed E-state index contributed by atoms with van der Waals surface area (Å²) in [4.78, 5) is 0. The zero-order valence-corrected chi connectivity index (χ0v) is 13.5. The van der Waals surface area contributed by atoms with Crippen LogP contribution in [0, 0.1) is 0 Å². The first-order valence-corrected chi connectivity index (χ1v) is 7.30. The number of hydrogen-bond acceptors (Lipinski definition) is 5. The van der Waals surface area contributed by atoms with Crippen LogP contribution in [0.1, 0.15) is 13.3 Å². The minimum atomic E-state index is -0.0873. The SMILES string of the molecule is CCOC1C(Cl)CC1Oc1cc(OC)c(OC)c(OC)c1. The largest absolute Gasteiger partial charge is 0.493 e. The van der Waals surface area contributed by atoms with Crippen LogP contribution in [0.25, 0.3) is 0 Å². The van der Waals surface area contributed by atoms with E-state index in [1.807, 2.05) is 6.92 Å². The molecule has 0 radical (unpaired) electrons. The lowest BCUT2D eigenvalue weighted by Gasteiger charge is -2.40. The number of methoxy groups -OCH3 is 3. The Bertz CT molecular complexity index is 454. The van der Waals surface area contributed by atoms with Crippen molar-refractivity contribution in [2.45, 2.75) is 30.9 Å². The predicted molar refractivity (Wildman–Crippen MR) is 80.2 cm³/mol. The quantitative estimate of drug-likeness (QED) is 0.724. The molecular weight excluding hydrogens is 296 g/mol. The third kappa shape index (κ3) is 3.30. The molecule has 3 unspecified atom stereocenters. The minimum absolute atomic E-state index is 0.00279. The molecule has 0 bridgehead atoms. The van der Waals surface area contributed by atoms with Crippen LogP contribution >= 0.6 is 11.6 Å². The molecule has 3 atom stereocenters. The van der Waals surface area contributed by atoms with Gasteiger partial charge in [-0.2, -0.15) is 0 Å². The van der Waals surface area contributed by atoms with Gasteiger partial charge in [0.1, 0.15) is 18.0 Å². The van der Waals surface area contributed by atoms with E-state index in [0.717, 1.165) is 6.42 Å². The Morgan fingerprint density at radius 3 is 2.14 bits per heavy atom. The number of ether oxygens (including phenoxy) is 5. The highest BCUT2D eigenvalue weighted by molar-refractivity contribution is 6.21. The fourth-order valence-electron chi connectivity index (χ4n) is 2.35. The van der Waals surface area contributed by atoms with Crippen LogP contribution in [-0.2, 0) is 4.74 Å². The van der Waals surface area contributed by atoms with Crippen LogP contribution in [-0.4, -0.2) is 45.5 Å². The van der Waals surface area contributed by atoms with E-state index < -0.39 is 0 Å². The predicted octanol–water partition coefficient (Wildman–Crippen LogP) is 2.88. The Labute approximate surface area is 130 Å². The maximum atomic E-state index is 6.15. The molecule has 1 saturated carbocycles. The third-order valence-corrected chi connectivity index (χ3v) is 3.89. The van der Waals surface area contributed by atoms with Gasteiger partial charge in [0.2, 0.25) is 5.75 Å². The van der Waals surface area contributed by atoms with Gasteiger partial charge in [0.05, 0.1) is 26.7 Å². The van der Waals surface area contributed by atoms with Crippen molar-refractivity contribution in [3.05, 3.63) is 12.1 Å². The summed E-state index contributed by atoms with van der Waals surface area (Å²) in [6.45, 7) is 2.56. The lowest BCUT2D eigenvalue weighted by atomic mass is 9.91. The van der Waals surface area contributed by atoms with Crippen LogP contribution in [0.3, 0.4) is 0 Å². The molecule has 1 aliphatic rings. The number of alkyl halides is 1. The van der Waals surface area contributed by atoms with Gasteiger partial charge in [0.15, 0.2) is 11.5 Å². The molecule has 0 aliphatic heterocycles. The number of hydrogen-bond donors (Lipinski definition) is 0. The first-order valence-electron chi connectivity index (χ1n) is 6.86. The third-order valence-electron chi connectivity index (χ3n) is 3.47. The highest BCUT2D eigenvalue weighted by Crippen LogP contribution is 2.42. The summed E-state index contributed by atoms with van der Waals surface area (Å²) < 4.78 is 27.4. The van der Waals surface area contributed by atoms with Crippen LogP contribution in [0.5, 0.6) is 23.0 Å². The smallest absolute Gasteiger partial charge is 0.203 e. The summed E-state index contributed by atoms with van der Waals surface area (Å²) in [6, 6.07) is 3.54. The van der Waals surface area contributed by atoms with Crippen LogP contribution in [0.2, 0.25) is 0 Å². The first kappa shape index (κ1) is 16.0. The van der Waals surface area contributed by atoms with Crippen molar-refractivity contribution in [3.8, 4) is 23.0 Å². The van der Waals surface area contributed by atoms with Crippen molar-refractivity contribution in [3.63, 3.8) is 0 Å². The van der Waals surface area contributed by atoms with Gasteiger partial charge in [-0.25, -0.2) is 0 Å². The average Bonchev–Trinajstić information content (AvgIpc) is 2.51. The van der Waals surface area contributed by atoms with Crippen molar-refractivity contribution >= 4 is 11.6 Å². The van der Waals surface area contributed by atoms with Crippen molar-refractivity contribution in [1.82, 2.24) is 0 Å². The molecule has 1 aliphatic carbocycles. The maximum absolute atomic E-state index is 6.15. The van der Waals surface area contributed by atoms with Crippen LogP contribution < -0.4 is 18.9 Å². The lowest BCUT2D eigenvalue weighted by Crippen LogP contribution is -2.52. The second-order valence-electron chi connectivity index (χ2n) is 4.69. The van der Waals surface area contributed by atoms with Gasteiger partial charge in [-0.15, -0.1) is 11.6 Å². The summed E-state index contributed by atoms with van der Waals surface area (Å²) in [5.74, 6) is 2.29. The van der Waals surface area contributed by atoms with Crippen LogP contribution in [0.15, 0.2) is 12.1 Å². The standard InChI is InChI=1S/C15H21ClO5/c1-5-20-14-10(16)8-13(14)21-9-6-11(17-2)15(19-4)12(7-9)18-3/h6-7,10,13-14H,5,8H2,1-4H3. The van der Waals surface area contributed by atoms with Gasteiger partial charge >= 0.3 is 0 Å². The fourth-order valence-corrected chi connectivity index (χ4v) is 2.76. The Balaban J connectivity index is 2.17. The molecule has 0 amide bonds. The summed E-state index contributed by atoms with van der Waals surface area (Å²) in [5, 5.41) is -0.00279. The van der Waals surface area contributed by atoms with Crippen LogP contribution in [0.4, 0.5) is 0 Å². The Kier molecular flexibility index (Phi) is 5.42. The van der Waals surface area contributed by atoms with Gasteiger partial charge in [-0.1, -0.05) is 0 Å². The number of rotatable bonds is 7. The van der Waals surface area contributed by atoms with E-state index in [1.54, 1.807) is 33.5 Å². The normalized spacial score (nSPS) is 24.1. The molecule has 6 heteroatoms. The second kappa shape index (κ2) is 7.09. The van der Waals surface area contributed by atoms with E-state index in [1.165, 1.54) is 0 Å². The van der Waals surface area contributed by atoms with Gasteiger partial charge in [0.25, 0.3) is 0 Å². The van der Waals surface area contributed by atoms with E-state index >= 15 is 0 Å². The van der Waals surface area contributed by atoms with Gasteiger partial charge in [-0.05, 0) is 6.92 Å². The molecule has 1 aromatic rings. The van der Waals surface area contributed by atoms with Gasteiger partial charge in [-0.3, -0.25) is 0 Å². The summed E-state index contributed by atoms with van der Waals surface area (Å²) in [7, 11) is 4.71. The molecule has 2 rings (SSSR count). The van der Waals surface area contributed by atoms with E-state index in [-0.39, 0.29) is 17.6 Å². The van der Waals surface area contributed by atoms with Crippen molar-refractivity contribution in [1.29, 1.82) is 0 Å². The minimum Gasteiger partial charge on any atom is -0.493 e. The molecule has 0 heterocycles. The molecule has 0 saturated heterocycles. The highest BCUT2D eigenvalue weighted by Gasteiger charge is 2.42. The van der Waals surface area contributed by atoms with Gasteiger partial charge in [0, 0.05) is 25.2 Å². The fraction of sp³-hybridized carbons (Fsp3) is 0.600. The molecule has 5 nitrogen and oxygen atoms in total. The molecule has 0 aromatic heterocycles. The van der Waals surface area contributed by atoms with Crippen molar-refractivity contribution < 1.29 is 23.7 Å². The highest BCUT2D eigenvalue weighted by atomic mass is 35.5. The molecule has 0 spiro atoms. The van der Waals surface area contributed by atoms with E-state index in [4.69, 9.17) is 35.3 Å². The Morgan fingerprint density at radius 2 is 1.71 bits per heavy atom. The molecule has 0 N–H and O–H groups in total. The number of halogens is 1. The zero-order valence-electron chi connectivity index (χ0n) is 12.7. The molecular formula is C15H21ClO5.